The number of nitrogens with zero attached hydrogens (tertiary/aromatic N) is 2. The molecule has 5 aliphatic rings. The van der Waals surface area contributed by atoms with Crippen molar-refractivity contribution in [1.29, 1.82) is 0 Å². The van der Waals surface area contributed by atoms with Gasteiger partial charge in [0, 0.05) is 51.3 Å². The van der Waals surface area contributed by atoms with E-state index in [-0.39, 0.29) is 56.4 Å². The number of rotatable bonds is 8. The van der Waals surface area contributed by atoms with Crippen LogP contribution in [0.1, 0.15) is 109 Å². The topological polar surface area (TPSA) is 181 Å². The van der Waals surface area contributed by atoms with Crippen LogP contribution in [0.4, 0.5) is 0 Å². The molecule has 1 amide bonds. The summed E-state index contributed by atoms with van der Waals surface area (Å²) in [4.78, 5) is 44.8. The first-order valence-electron chi connectivity index (χ1n) is 21.9. The molecule has 16 nitrogen and oxygen atoms in total. The van der Waals surface area contributed by atoms with Gasteiger partial charge in [-0.3, -0.25) is 14.4 Å². The highest BCUT2D eigenvalue weighted by Gasteiger charge is 2.55. The molecule has 2 N–H and O–H groups in total. The molecule has 3 unspecified atom stereocenters. The van der Waals surface area contributed by atoms with Crippen molar-refractivity contribution in [3.8, 4) is 0 Å². The van der Waals surface area contributed by atoms with Crippen LogP contribution >= 0.6 is 0 Å². The average Bonchev–Trinajstić information content (AvgIpc) is 3.17. The lowest BCUT2D eigenvalue weighted by molar-refractivity contribution is -0.321. The summed E-state index contributed by atoms with van der Waals surface area (Å²) in [6, 6.07) is -0.923. The Labute approximate surface area is 358 Å². The van der Waals surface area contributed by atoms with Crippen LogP contribution in [-0.2, 0) is 57.0 Å². The van der Waals surface area contributed by atoms with Crippen LogP contribution in [0.25, 0.3) is 0 Å². The summed E-state index contributed by atoms with van der Waals surface area (Å²) in [6.07, 6.45) is -7.74. The molecule has 5 heterocycles. The lowest BCUT2D eigenvalue weighted by Crippen LogP contribution is -2.61. The molecular weight excluding hydrogens is 780 g/mol. The highest BCUT2D eigenvalue weighted by atomic mass is 16.7. The van der Waals surface area contributed by atoms with E-state index in [9.17, 15) is 24.6 Å². The van der Waals surface area contributed by atoms with Crippen LogP contribution in [0, 0.1) is 23.7 Å². The summed E-state index contributed by atoms with van der Waals surface area (Å²) in [7, 11) is 7.02. The van der Waals surface area contributed by atoms with E-state index >= 15 is 0 Å². The Kier molecular flexibility index (Phi) is 17.1. The fraction of sp³-hybridized carbons (Fsp3) is 0.932. The largest absolute Gasteiger partial charge is 0.459 e. The van der Waals surface area contributed by atoms with Gasteiger partial charge >= 0.3 is 11.9 Å². The zero-order chi connectivity index (χ0) is 45.2. The molecule has 16 heteroatoms. The molecule has 5 aliphatic heterocycles. The first kappa shape index (κ1) is 50.7. The van der Waals surface area contributed by atoms with Gasteiger partial charge in [0.15, 0.2) is 18.7 Å². The minimum Gasteiger partial charge on any atom is -0.459 e. The number of aliphatic hydroxyl groups excluding tert-OH is 1. The Morgan fingerprint density at radius 1 is 0.967 bits per heavy atom. The Hall–Kier alpha value is -1.99. The smallest absolute Gasteiger partial charge is 0.311 e. The zero-order valence-corrected chi connectivity index (χ0v) is 39.2. The van der Waals surface area contributed by atoms with Crippen LogP contribution in [-0.4, -0.2) is 170 Å². The minimum absolute atomic E-state index is 0.126. The molecule has 60 heavy (non-hydrogen) atoms. The molecule has 5 fully saturated rings. The van der Waals surface area contributed by atoms with Crippen molar-refractivity contribution in [2.24, 2.45) is 23.7 Å². The monoisotopic (exact) mass is 859 g/mol. The summed E-state index contributed by atoms with van der Waals surface area (Å²) in [5.41, 5.74) is -4.03. The fourth-order valence-electron chi connectivity index (χ4n) is 9.98. The number of likely N-dealkylation sites (N-methyl/N-ethyl adjacent to an activating group) is 2. The second-order valence-electron chi connectivity index (χ2n) is 19.2. The van der Waals surface area contributed by atoms with Gasteiger partial charge in [0.1, 0.15) is 29.5 Å². The number of methoxy groups -OCH3 is 1. The van der Waals surface area contributed by atoms with Crippen molar-refractivity contribution in [1.82, 2.24) is 9.80 Å². The highest BCUT2D eigenvalue weighted by molar-refractivity contribution is 5.78. The van der Waals surface area contributed by atoms with Gasteiger partial charge in [0.2, 0.25) is 5.91 Å². The Morgan fingerprint density at radius 3 is 2.20 bits per heavy atom. The van der Waals surface area contributed by atoms with Crippen molar-refractivity contribution in [2.75, 3.05) is 41.5 Å². The summed E-state index contributed by atoms with van der Waals surface area (Å²) < 4.78 is 58.3. The molecule has 5 saturated heterocycles. The van der Waals surface area contributed by atoms with Gasteiger partial charge in [-0.05, 0) is 81.8 Å². The molecular formula is C44H78N2O14. The summed E-state index contributed by atoms with van der Waals surface area (Å²) in [6.45, 7) is 21.8. The SMILES string of the molecule is CC[C@H]1OC(=O)C(C)C(O[C@H]2C[C@@](C)(OC)[C@@H](OC(C)=O)[C@H](C)O2)[C@H](C)[C@@H](O[C@@H]2O[C@H](C)C[C@H](N(C)C)[C@H]2O)[C@@]2(C)C[C@@H](C)C(=O)N(C)[C@H](C)[C@H](OCC(C)CO2)[C@]1(C)O. The van der Waals surface area contributed by atoms with Crippen molar-refractivity contribution in [3.63, 3.8) is 0 Å². The van der Waals surface area contributed by atoms with Crippen LogP contribution in [0.2, 0.25) is 0 Å². The first-order chi connectivity index (χ1) is 27.8. The van der Waals surface area contributed by atoms with Crippen molar-refractivity contribution < 1.29 is 67.2 Å². The van der Waals surface area contributed by atoms with Crippen LogP contribution in [0.5, 0.6) is 0 Å². The molecule has 5 rings (SSSR count). The average molecular weight is 859 g/mol. The number of ether oxygens (including phenoxy) is 9. The first-order valence-corrected chi connectivity index (χ1v) is 21.9. The van der Waals surface area contributed by atoms with Crippen LogP contribution < -0.4 is 0 Å². The number of aliphatic hydroxyl groups is 2. The quantitative estimate of drug-likeness (QED) is 0.337. The summed E-state index contributed by atoms with van der Waals surface area (Å²) >= 11 is 0. The number of carbonyl (C=O) groups excluding carboxylic acids is 3. The van der Waals surface area contributed by atoms with Crippen LogP contribution in [0.15, 0.2) is 0 Å². The lowest BCUT2D eigenvalue weighted by Gasteiger charge is -2.50. The Bertz CT molecular complexity index is 1450. The van der Waals surface area contributed by atoms with Gasteiger partial charge < -0.3 is 62.6 Å². The van der Waals surface area contributed by atoms with Gasteiger partial charge in [-0.15, -0.1) is 0 Å². The summed E-state index contributed by atoms with van der Waals surface area (Å²) in [5, 5.41) is 24.3. The van der Waals surface area contributed by atoms with E-state index in [0.29, 0.717) is 6.42 Å². The van der Waals surface area contributed by atoms with E-state index in [1.807, 2.05) is 74.4 Å². The van der Waals surface area contributed by atoms with Gasteiger partial charge in [0.05, 0.1) is 55.2 Å². The maximum Gasteiger partial charge on any atom is 0.311 e. The predicted molar refractivity (Wildman–Crippen MR) is 220 cm³/mol. The van der Waals surface area contributed by atoms with E-state index in [2.05, 4.69) is 0 Å². The van der Waals surface area contributed by atoms with E-state index in [0.717, 1.165) is 0 Å². The number of esters is 2. The lowest BCUT2D eigenvalue weighted by atomic mass is 9.77. The van der Waals surface area contributed by atoms with E-state index in [1.165, 1.54) is 14.0 Å². The molecule has 0 saturated carbocycles. The number of carbonyl (C=O) groups is 3. The predicted octanol–water partition coefficient (Wildman–Crippen LogP) is 3.70. The maximum atomic E-state index is 14.7. The number of hydrogen-bond acceptors (Lipinski definition) is 15. The summed E-state index contributed by atoms with van der Waals surface area (Å²) in [5.74, 6) is -3.89. The molecule has 0 aromatic carbocycles. The van der Waals surface area contributed by atoms with Gasteiger partial charge in [-0.25, -0.2) is 0 Å². The molecule has 0 aliphatic carbocycles. The van der Waals surface area contributed by atoms with Crippen molar-refractivity contribution in [2.45, 2.75) is 199 Å². The number of fused-ring (bicyclic) bond motifs is 15. The van der Waals surface area contributed by atoms with Gasteiger partial charge in [0.25, 0.3) is 0 Å². The molecule has 348 valence electrons. The Balaban J connectivity index is 1.96. The van der Waals surface area contributed by atoms with E-state index in [1.54, 1.807) is 32.7 Å². The van der Waals surface area contributed by atoms with Gasteiger partial charge in [-0.1, -0.05) is 27.7 Å². The minimum atomic E-state index is -1.74. The molecule has 19 atom stereocenters. The standard InChI is InChI=1S/C44H78N2O14/c1-17-32-44(12,51)37-28(7)46(15)39(49)24(3)19-43(11,54-22-23(2)21-53-37)36(60-41-34(48)31(45(13)14)18-25(4)55-41)26(5)35(27(6)40(50)58-32)59-33-20-42(10,52-16)38(29(8)56-33)57-30(9)47/h23-29,31-38,41,48,51H,17-22H2,1-16H3/t23?,24-,25-,26+,27?,28-,29+,31+,32-,33+,34-,35?,36-,37+,38+,41+,42-,43-,44-/m1/s1. The van der Waals surface area contributed by atoms with E-state index < -0.39 is 108 Å². The third-order valence-corrected chi connectivity index (χ3v) is 13.7. The molecule has 0 aromatic heterocycles. The zero-order valence-electron chi connectivity index (χ0n) is 39.2. The number of hydrogen-bond donors (Lipinski definition) is 2. The molecule has 2 bridgehead atoms. The third-order valence-electron chi connectivity index (χ3n) is 13.7. The van der Waals surface area contributed by atoms with Crippen molar-refractivity contribution in [3.05, 3.63) is 0 Å². The molecule has 0 spiro atoms. The van der Waals surface area contributed by atoms with Gasteiger partial charge in [-0.2, -0.15) is 0 Å². The second-order valence-corrected chi connectivity index (χ2v) is 19.2. The molecule has 0 aromatic rings. The molecule has 0 radical (unpaired) electrons. The third kappa shape index (κ3) is 11.0. The number of amides is 1. The van der Waals surface area contributed by atoms with Crippen molar-refractivity contribution >= 4 is 17.8 Å². The Morgan fingerprint density at radius 2 is 1.62 bits per heavy atom. The maximum absolute atomic E-state index is 14.7. The normalized spacial score (nSPS) is 46.8. The highest BCUT2D eigenvalue weighted by Crippen LogP contribution is 2.42. The fourth-order valence-corrected chi connectivity index (χ4v) is 9.98. The van der Waals surface area contributed by atoms with E-state index in [4.69, 9.17) is 42.6 Å². The second kappa shape index (κ2) is 20.2. The van der Waals surface area contributed by atoms with Crippen LogP contribution in [0.3, 0.4) is 0 Å².